The van der Waals surface area contributed by atoms with E-state index in [-0.39, 0.29) is 22.1 Å². The van der Waals surface area contributed by atoms with Crippen LogP contribution in [0.15, 0.2) is 29.2 Å². The minimum atomic E-state index is -3.41. The van der Waals surface area contributed by atoms with Crippen molar-refractivity contribution in [3.05, 3.63) is 29.8 Å². The molecule has 2 N–H and O–H groups in total. The van der Waals surface area contributed by atoms with Gasteiger partial charge in [-0.05, 0) is 24.1 Å². The van der Waals surface area contributed by atoms with Gasteiger partial charge in [0.1, 0.15) is 6.04 Å². The Kier molecular flexibility index (Phi) is 5.48. The van der Waals surface area contributed by atoms with E-state index in [1.54, 1.807) is 13.8 Å². The molecule has 0 aliphatic rings. The first-order chi connectivity index (χ1) is 9.69. The number of sulfone groups is 1. The van der Waals surface area contributed by atoms with Crippen LogP contribution in [-0.2, 0) is 14.6 Å². The van der Waals surface area contributed by atoms with Crippen molar-refractivity contribution in [2.45, 2.75) is 31.7 Å². The van der Waals surface area contributed by atoms with E-state index in [4.69, 9.17) is 5.11 Å². The topological polar surface area (TPSA) is 101 Å². The largest absolute Gasteiger partial charge is 0.480 e. The van der Waals surface area contributed by atoms with Gasteiger partial charge < -0.3 is 10.4 Å². The number of nitrogens with one attached hydrogen (secondary N) is 1. The van der Waals surface area contributed by atoms with Crippen molar-refractivity contribution in [1.29, 1.82) is 0 Å². The van der Waals surface area contributed by atoms with Gasteiger partial charge in [-0.3, -0.25) is 4.79 Å². The summed E-state index contributed by atoms with van der Waals surface area (Å²) in [5, 5.41) is 11.4. The third-order valence-corrected chi connectivity index (χ3v) is 4.79. The molecule has 1 atom stereocenters. The summed E-state index contributed by atoms with van der Waals surface area (Å²) in [6.45, 7) is 4.87. The second kappa shape index (κ2) is 6.71. The molecule has 0 heterocycles. The molecule has 0 unspecified atom stereocenters. The maximum Gasteiger partial charge on any atom is 0.326 e. The highest BCUT2D eigenvalue weighted by atomic mass is 32.2. The van der Waals surface area contributed by atoms with Gasteiger partial charge in [-0.25, -0.2) is 13.2 Å². The van der Waals surface area contributed by atoms with Crippen LogP contribution in [0, 0.1) is 5.92 Å². The molecule has 21 heavy (non-hydrogen) atoms. The van der Waals surface area contributed by atoms with Gasteiger partial charge in [-0.2, -0.15) is 0 Å². The highest BCUT2D eigenvalue weighted by molar-refractivity contribution is 7.91. The van der Waals surface area contributed by atoms with Crippen molar-refractivity contribution in [3.8, 4) is 0 Å². The Morgan fingerprint density at radius 3 is 2.38 bits per heavy atom. The van der Waals surface area contributed by atoms with Crippen LogP contribution in [0.5, 0.6) is 0 Å². The van der Waals surface area contributed by atoms with Gasteiger partial charge in [0.15, 0.2) is 9.84 Å². The Morgan fingerprint density at radius 2 is 1.90 bits per heavy atom. The van der Waals surface area contributed by atoms with Gasteiger partial charge in [-0.15, -0.1) is 0 Å². The third kappa shape index (κ3) is 4.29. The summed E-state index contributed by atoms with van der Waals surface area (Å²) in [7, 11) is -3.41. The number of hydrogen-bond donors (Lipinski definition) is 2. The fourth-order valence-electron chi connectivity index (χ4n) is 1.74. The average molecular weight is 313 g/mol. The molecule has 0 fully saturated rings. The molecule has 0 saturated heterocycles. The molecule has 1 aromatic carbocycles. The minimum absolute atomic E-state index is 0.0501. The normalized spacial score (nSPS) is 13.0. The summed E-state index contributed by atoms with van der Waals surface area (Å²) in [5.74, 6) is -2.09. The molecular formula is C14H19NO5S. The smallest absolute Gasteiger partial charge is 0.326 e. The van der Waals surface area contributed by atoms with Crippen LogP contribution < -0.4 is 5.32 Å². The highest BCUT2D eigenvalue weighted by Crippen LogP contribution is 2.14. The van der Waals surface area contributed by atoms with Crippen molar-refractivity contribution in [3.63, 3.8) is 0 Å². The third-order valence-electron chi connectivity index (χ3n) is 3.05. The Morgan fingerprint density at radius 1 is 1.29 bits per heavy atom. The van der Waals surface area contributed by atoms with Crippen LogP contribution in [0.2, 0.25) is 0 Å². The molecule has 0 spiro atoms. The SMILES string of the molecule is CCS(=O)(=O)c1cccc(C(=O)N[C@H](C(=O)O)C(C)C)c1. The summed E-state index contributed by atoms with van der Waals surface area (Å²) in [6.07, 6.45) is 0. The number of benzene rings is 1. The van der Waals surface area contributed by atoms with E-state index in [9.17, 15) is 18.0 Å². The fraction of sp³-hybridized carbons (Fsp3) is 0.429. The van der Waals surface area contributed by atoms with Crippen molar-refractivity contribution in [1.82, 2.24) is 5.32 Å². The molecule has 0 aromatic heterocycles. The molecule has 0 saturated carbocycles. The first kappa shape index (κ1) is 17.2. The van der Waals surface area contributed by atoms with E-state index in [1.165, 1.54) is 31.2 Å². The van der Waals surface area contributed by atoms with Gasteiger partial charge in [0, 0.05) is 5.56 Å². The lowest BCUT2D eigenvalue weighted by molar-refractivity contribution is -0.140. The van der Waals surface area contributed by atoms with Gasteiger partial charge in [0.2, 0.25) is 0 Å². The van der Waals surface area contributed by atoms with Crippen LogP contribution in [0.25, 0.3) is 0 Å². The second-order valence-electron chi connectivity index (χ2n) is 4.96. The van der Waals surface area contributed by atoms with Crippen LogP contribution in [0.4, 0.5) is 0 Å². The summed E-state index contributed by atoms with van der Waals surface area (Å²) in [4.78, 5) is 23.2. The number of carbonyl (C=O) groups is 2. The predicted molar refractivity (Wildman–Crippen MR) is 77.9 cm³/mol. The number of carboxylic acids is 1. The molecule has 1 rings (SSSR count). The number of aliphatic carboxylic acids is 1. The van der Waals surface area contributed by atoms with E-state index >= 15 is 0 Å². The first-order valence-corrected chi connectivity index (χ1v) is 8.20. The highest BCUT2D eigenvalue weighted by Gasteiger charge is 2.24. The Bertz CT molecular complexity index is 637. The molecule has 0 aliphatic heterocycles. The number of amides is 1. The van der Waals surface area contributed by atoms with Crippen molar-refractivity contribution in [2.75, 3.05) is 5.75 Å². The molecule has 0 bridgehead atoms. The lowest BCUT2D eigenvalue weighted by Gasteiger charge is -2.18. The first-order valence-electron chi connectivity index (χ1n) is 6.55. The van der Waals surface area contributed by atoms with Crippen LogP contribution in [-0.4, -0.2) is 37.2 Å². The second-order valence-corrected chi connectivity index (χ2v) is 7.24. The molecule has 6 nitrogen and oxygen atoms in total. The molecule has 1 aromatic rings. The monoisotopic (exact) mass is 313 g/mol. The zero-order valence-corrected chi connectivity index (χ0v) is 13.0. The van der Waals surface area contributed by atoms with E-state index in [2.05, 4.69) is 5.32 Å². The number of rotatable bonds is 6. The van der Waals surface area contributed by atoms with Gasteiger partial charge >= 0.3 is 5.97 Å². The maximum atomic E-state index is 12.1. The fourth-order valence-corrected chi connectivity index (χ4v) is 2.66. The molecule has 0 aliphatic carbocycles. The number of hydrogen-bond acceptors (Lipinski definition) is 4. The Labute approximate surface area is 124 Å². The summed E-state index contributed by atoms with van der Waals surface area (Å²) >= 11 is 0. The minimum Gasteiger partial charge on any atom is -0.480 e. The van der Waals surface area contributed by atoms with Crippen molar-refractivity contribution >= 4 is 21.7 Å². The van der Waals surface area contributed by atoms with E-state index in [0.29, 0.717) is 0 Å². The van der Waals surface area contributed by atoms with Gasteiger partial charge in [0.25, 0.3) is 5.91 Å². The lowest BCUT2D eigenvalue weighted by Crippen LogP contribution is -2.44. The summed E-state index contributed by atoms with van der Waals surface area (Å²) in [5.41, 5.74) is 0.122. The summed E-state index contributed by atoms with van der Waals surface area (Å²) in [6, 6.07) is 4.55. The van der Waals surface area contributed by atoms with Crippen LogP contribution in [0.1, 0.15) is 31.1 Å². The molecule has 1 amide bonds. The predicted octanol–water partition coefficient (Wildman–Crippen LogP) is 1.32. The molecule has 7 heteroatoms. The van der Waals surface area contributed by atoms with Crippen LogP contribution in [0.3, 0.4) is 0 Å². The number of carboxylic acid groups (broad SMARTS) is 1. The quantitative estimate of drug-likeness (QED) is 0.825. The van der Waals surface area contributed by atoms with Crippen LogP contribution >= 0.6 is 0 Å². The Balaban J connectivity index is 3.04. The van der Waals surface area contributed by atoms with Gasteiger partial charge in [-0.1, -0.05) is 26.8 Å². The zero-order valence-electron chi connectivity index (χ0n) is 12.2. The zero-order chi connectivity index (χ0) is 16.2. The molecule has 0 radical (unpaired) electrons. The van der Waals surface area contributed by atoms with E-state index < -0.39 is 27.8 Å². The van der Waals surface area contributed by atoms with Crippen molar-refractivity contribution in [2.24, 2.45) is 5.92 Å². The summed E-state index contributed by atoms with van der Waals surface area (Å²) < 4.78 is 23.6. The lowest BCUT2D eigenvalue weighted by atomic mass is 10.0. The molecule has 116 valence electrons. The standard InChI is InChI=1S/C14H19NO5S/c1-4-21(19,20)11-7-5-6-10(8-11)13(16)15-12(9(2)3)14(17)18/h5-9,12H,4H2,1-3H3,(H,15,16)(H,17,18)/t12-/m0/s1. The van der Waals surface area contributed by atoms with Gasteiger partial charge in [0.05, 0.1) is 10.6 Å². The average Bonchev–Trinajstić information content (AvgIpc) is 2.43. The maximum absolute atomic E-state index is 12.1. The van der Waals surface area contributed by atoms with E-state index in [1.807, 2.05) is 0 Å². The Hall–Kier alpha value is -1.89. The van der Waals surface area contributed by atoms with Crippen molar-refractivity contribution < 1.29 is 23.1 Å². The van der Waals surface area contributed by atoms with E-state index in [0.717, 1.165) is 0 Å². The molecular weight excluding hydrogens is 294 g/mol. The number of carbonyl (C=O) groups excluding carboxylic acids is 1.